The van der Waals surface area contributed by atoms with E-state index in [1.807, 2.05) is 60.7 Å². The number of hydrogen-bond acceptors (Lipinski definition) is 5. The van der Waals surface area contributed by atoms with Gasteiger partial charge in [-0.3, -0.25) is 9.47 Å². The third-order valence-corrected chi connectivity index (χ3v) is 6.24. The number of amides is 3. The van der Waals surface area contributed by atoms with E-state index in [2.05, 4.69) is 15.7 Å². The molecule has 9 nitrogen and oxygen atoms in total. The lowest BCUT2D eigenvalue weighted by atomic mass is 9.99. The summed E-state index contributed by atoms with van der Waals surface area (Å²) in [4.78, 5) is 32.0. The van der Waals surface area contributed by atoms with Crippen LogP contribution in [-0.2, 0) is 11.3 Å². The predicted molar refractivity (Wildman–Crippen MR) is 146 cm³/mol. The number of phenolic OH excluding ortho intramolecular Hbond substituents is 1. The van der Waals surface area contributed by atoms with Crippen LogP contribution in [0.5, 0.6) is 5.75 Å². The van der Waals surface area contributed by atoms with Gasteiger partial charge in [-0.1, -0.05) is 72.8 Å². The number of hydrogen-bond donors (Lipinski definition) is 4. The number of primary amides is 1. The average Bonchev–Trinajstić information content (AvgIpc) is 3.46. The highest BCUT2D eigenvalue weighted by atomic mass is 16.3. The van der Waals surface area contributed by atoms with Crippen LogP contribution in [0.3, 0.4) is 0 Å². The van der Waals surface area contributed by atoms with Gasteiger partial charge in [0.1, 0.15) is 18.1 Å². The number of carbonyl (C=O) groups excluding carboxylic acids is 2. The monoisotopic (exact) mass is 512 g/mol. The van der Waals surface area contributed by atoms with Crippen molar-refractivity contribution in [3.05, 3.63) is 120 Å². The fourth-order valence-electron chi connectivity index (χ4n) is 4.29. The van der Waals surface area contributed by atoms with E-state index in [9.17, 15) is 14.7 Å². The predicted octanol–water partition coefficient (Wildman–Crippen LogP) is 3.77. The molecule has 0 saturated carbocycles. The smallest absolute Gasteiger partial charge is 0.319 e. The highest BCUT2D eigenvalue weighted by Crippen LogP contribution is 2.23. The second-order valence-corrected chi connectivity index (χ2v) is 8.94. The second-order valence-electron chi connectivity index (χ2n) is 8.94. The molecule has 3 aromatic carbocycles. The Labute approximate surface area is 221 Å². The minimum absolute atomic E-state index is 0.120. The van der Waals surface area contributed by atoms with Gasteiger partial charge in [-0.2, -0.15) is 0 Å². The van der Waals surface area contributed by atoms with Crippen molar-refractivity contribution in [1.29, 1.82) is 0 Å². The third-order valence-electron chi connectivity index (χ3n) is 6.24. The molecule has 196 valence electrons. The van der Waals surface area contributed by atoms with E-state index >= 15 is 0 Å². The molecule has 0 aliphatic rings. The standard InChI is InChI=1S/C29H32N6O3/c30-28(37)26(12-7-17-32-34-19-18-31-21-34)35(20-22-13-15-25(36)16-14-22)29(38)33-27(23-8-3-1-4-9-23)24-10-5-2-6-11-24/h1-6,8-11,13-16,18-19,21,26-27,32,36H,7,12,17,20H2,(H2,30,37)(H,33,38)/t26-/m1/s1. The summed E-state index contributed by atoms with van der Waals surface area (Å²) in [5, 5.41) is 12.8. The highest BCUT2D eigenvalue weighted by molar-refractivity contribution is 5.86. The summed E-state index contributed by atoms with van der Waals surface area (Å²) in [6.45, 7) is 0.705. The molecular weight excluding hydrogens is 480 g/mol. The number of urea groups is 1. The molecule has 4 aromatic rings. The van der Waals surface area contributed by atoms with Gasteiger partial charge in [0.15, 0.2) is 0 Å². The summed E-state index contributed by atoms with van der Waals surface area (Å²) >= 11 is 0. The molecule has 0 fully saturated rings. The number of imidazole rings is 1. The Balaban J connectivity index is 1.57. The first-order valence-electron chi connectivity index (χ1n) is 12.5. The molecule has 0 saturated heterocycles. The number of nitrogens with zero attached hydrogens (tertiary/aromatic N) is 3. The summed E-state index contributed by atoms with van der Waals surface area (Å²) in [6, 6.07) is 24.2. The Bertz CT molecular complexity index is 1240. The van der Waals surface area contributed by atoms with Gasteiger partial charge in [-0.05, 0) is 41.7 Å². The molecule has 5 N–H and O–H groups in total. The Morgan fingerprint density at radius 2 is 1.58 bits per heavy atom. The lowest BCUT2D eigenvalue weighted by molar-refractivity contribution is -0.122. The van der Waals surface area contributed by atoms with E-state index in [-0.39, 0.29) is 12.3 Å². The number of benzene rings is 3. The summed E-state index contributed by atoms with van der Waals surface area (Å²) < 4.78 is 1.73. The van der Waals surface area contributed by atoms with E-state index < -0.39 is 24.0 Å². The lowest BCUT2D eigenvalue weighted by Crippen LogP contribution is -2.52. The van der Waals surface area contributed by atoms with Gasteiger partial charge < -0.3 is 26.5 Å². The molecule has 0 spiro atoms. The van der Waals surface area contributed by atoms with Crippen LogP contribution in [0, 0.1) is 0 Å². The van der Waals surface area contributed by atoms with Crippen LogP contribution >= 0.6 is 0 Å². The quantitative estimate of drug-likeness (QED) is 0.215. The van der Waals surface area contributed by atoms with E-state index in [0.29, 0.717) is 19.4 Å². The molecule has 4 rings (SSSR count). The maximum absolute atomic E-state index is 13.9. The first-order valence-corrected chi connectivity index (χ1v) is 12.5. The number of aromatic hydroxyl groups is 1. The van der Waals surface area contributed by atoms with E-state index in [1.54, 1.807) is 47.7 Å². The summed E-state index contributed by atoms with van der Waals surface area (Å²) in [7, 11) is 0. The molecule has 0 aliphatic heterocycles. The molecule has 3 amide bonds. The van der Waals surface area contributed by atoms with Crippen molar-refractivity contribution in [1.82, 2.24) is 19.9 Å². The fraction of sp³-hybridized carbons (Fsp3) is 0.207. The normalized spacial score (nSPS) is 11.6. The van der Waals surface area contributed by atoms with Gasteiger partial charge in [0.25, 0.3) is 0 Å². The van der Waals surface area contributed by atoms with E-state index in [1.165, 1.54) is 4.90 Å². The molecule has 38 heavy (non-hydrogen) atoms. The summed E-state index contributed by atoms with van der Waals surface area (Å²) in [5.74, 6) is -0.465. The molecular formula is C29H32N6O3. The minimum Gasteiger partial charge on any atom is -0.508 e. The maximum atomic E-state index is 13.9. The highest BCUT2D eigenvalue weighted by Gasteiger charge is 2.30. The Kier molecular flexibility index (Phi) is 8.96. The largest absolute Gasteiger partial charge is 0.508 e. The molecule has 0 aliphatic carbocycles. The Hall–Kier alpha value is -4.79. The van der Waals surface area contributed by atoms with Crippen molar-refractivity contribution in [3.8, 4) is 5.75 Å². The molecule has 1 atom stereocenters. The van der Waals surface area contributed by atoms with E-state index in [0.717, 1.165) is 16.7 Å². The zero-order valence-corrected chi connectivity index (χ0v) is 21.0. The van der Waals surface area contributed by atoms with Gasteiger partial charge in [0.2, 0.25) is 5.91 Å². The summed E-state index contributed by atoms with van der Waals surface area (Å²) in [6.07, 6.45) is 6.04. The second kappa shape index (κ2) is 13.0. The van der Waals surface area contributed by atoms with Crippen LogP contribution in [0.25, 0.3) is 0 Å². The van der Waals surface area contributed by atoms with Gasteiger partial charge in [0, 0.05) is 25.5 Å². The minimum atomic E-state index is -0.847. The average molecular weight is 513 g/mol. The van der Waals surface area contributed by atoms with Crippen LogP contribution in [0.15, 0.2) is 104 Å². The SMILES string of the molecule is NC(=O)[C@@H](CCCNn1ccnc1)N(Cc1ccc(O)cc1)C(=O)NC(c1ccccc1)c1ccccc1. The van der Waals surface area contributed by atoms with Crippen LogP contribution < -0.4 is 16.5 Å². The number of nitrogens with one attached hydrogen (secondary N) is 2. The zero-order chi connectivity index (χ0) is 26.7. The lowest BCUT2D eigenvalue weighted by Gasteiger charge is -2.32. The fourth-order valence-corrected chi connectivity index (χ4v) is 4.29. The molecule has 0 unspecified atom stereocenters. The molecule has 9 heteroatoms. The molecule has 1 aromatic heterocycles. The van der Waals surface area contributed by atoms with Crippen molar-refractivity contribution in [2.24, 2.45) is 5.73 Å². The van der Waals surface area contributed by atoms with Crippen LogP contribution in [0.1, 0.15) is 35.6 Å². The van der Waals surface area contributed by atoms with Crippen molar-refractivity contribution >= 4 is 11.9 Å². The number of aromatic nitrogens is 2. The number of rotatable bonds is 12. The Morgan fingerprint density at radius 1 is 0.947 bits per heavy atom. The van der Waals surface area contributed by atoms with Gasteiger partial charge >= 0.3 is 6.03 Å². The molecule has 0 bridgehead atoms. The summed E-state index contributed by atoms with van der Waals surface area (Å²) in [5.41, 5.74) is 11.6. The Morgan fingerprint density at radius 3 is 2.13 bits per heavy atom. The maximum Gasteiger partial charge on any atom is 0.319 e. The first-order chi connectivity index (χ1) is 18.5. The van der Waals surface area contributed by atoms with Crippen molar-refractivity contribution < 1.29 is 14.7 Å². The van der Waals surface area contributed by atoms with Crippen LogP contribution in [0.2, 0.25) is 0 Å². The van der Waals surface area contributed by atoms with Crippen molar-refractivity contribution in [2.45, 2.75) is 31.5 Å². The molecule has 0 radical (unpaired) electrons. The molecule has 1 heterocycles. The number of carbonyl (C=O) groups is 2. The van der Waals surface area contributed by atoms with Gasteiger partial charge in [0.05, 0.1) is 6.04 Å². The number of nitrogens with two attached hydrogens (primary N) is 1. The first kappa shape index (κ1) is 26.3. The van der Waals surface area contributed by atoms with Crippen molar-refractivity contribution in [3.63, 3.8) is 0 Å². The van der Waals surface area contributed by atoms with Gasteiger partial charge in [-0.15, -0.1) is 0 Å². The zero-order valence-electron chi connectivity index (χ0n) is 21.0. The van der Waals surface area contributed by atoms with Gasteiger partial charge in [-0.25, -0.2) is 9.78 Å². The third kappa shape index (κ3) is 7.13. The van der Waals surface area contributed by atoms with Crippen molar-refractivity contribution in [2.75, 3.05) is 12.0 Å². The number of phenols is 1. The van der Waals surface area contributed by atoms with E-state index in [4.69, 9.17) is 5.73 Å². The van der Waals surface area contributed by atoms with Crippen LogP contribution in [0.4, 0.5) is 4.79 Å². The topological polar surface area (TPSA) is 126 Å². The van der Waals surface area contributed by atoms with Crippen LogP contribution in [-0.4, -0.2) is 44.2 Å².